The monoisotopic (exact) mass is 317 g/mol. The molecule has 0 radical (unpaired) electrons. The molecule has 9 heteroatoms. The average Bonchev–Trinajstić information content (AvgIpc) is 2.87. The third-order valence-electron chi connectivity index (χ3n) is 3.25. The molecule has 0 spiro atoms. The van der Waals surface area contributed by atoms with Crippen molar-refractivity contribution < 1.29 is 22.3 Å². The smallest absolute Gasteiger partial charge is 0.407 e. The summed E-state index contributed by atoms with van der Waals surface area (Å²) >= 11 is 0. The van der Waals surface area contributed by atoms with Gasteiger partial charge in [-0.15, -0.1) is 0 Å². The van der Waals surface area contributed by atoms with Crippen LogP contribution in [0.25, 0.3) is 0 Å². The number of hydrogen-bond donors (Lipinski definition) is 2. The van der Waals surface area contributed by atoms with E-state index < -0.39 is 21.9 Å². The maximum atomic E-state index is 13.0. The van der Waals surface area contributed by atoms with E-state index in [-0.39, 0.29) is 29.7 Å². The van der Waals surface area contributed by atoms with Crippen LogP contribution in [0.1, 0.15) is 6.42 Å². The number of carbonyl (C=O) groups excluding carboxylic acids is 1. The molecular formula is C12H16FN3O4S. The highest BCUT2D eigenvalue weighted by molar-refractivity contribution is 7.89. The first-order valence-electron chi connectivity index (χ1n) is 6.24. The normalized spacial score (nSPS) is 19.4. The third kappa shape index (κ3) is 3.24. The molecule has 0 aliphatic carbocycles. The van der Waals surface area contributed by atoms with Crippen LogP contribution in [0.4, 0.5) is 14.9 Å². The van der Waals surface area contributed by atoms with Gasteiger partial charge in [0.05, 0.1) is 12.8 Å². The molecule has 7 nitrogen and oxygen atoms in total. The lowest BCUT2D eigenvalue weighted by atomic mass is 10.3. The van der Waals surface area contributed by atoms with Crippen LogP contribution in [-0.4, -0.2) is 45.1 Å². The third-order valence-corrected chi connectivity index (χ3v) is 5.19. The Morgan fingerprint density at radius 1 is 1.52 bits per heavy atom. The number of halogens is 1. The second-order valence-electron chi connectivity index (χ2n) is 4.67. The molecule has 1 aliphatic heterocycles. The van der Waals surface area contributed by atoms with E-state index in [4.69, 9.17) is 5.73 Å². The Morgan fingerprint density at radius 3 is 2.86 bits per heavy atom. The van der Waals surface area contributed by atoms with Crippen molar-refractivity contribution in [1.82, 2.24) is 9.62 Å². The minimum absolute atomic E-state index is 0.119. The number of nitrogens with zero attached hydrogens (tertiary/aromatic N) is 1. The fourth-order valence-electron chi connectivity index (χ4n) is 2.18. The minimum atomic E-state index is -3.81. The van der Waals surface area contributed by atoms with Crippen LogP contribution >= 0.6 is 0 Å². The molecule has 1 aromatic rings. The number of nitrogen functional groups attached to an aromatic ring is 1. The number of carbonyl (C=O) groups is 1. The lowest BCUT2D eigenvalue weighted by molar-refractivity contribution is 0.167. The number of sulfonamides is 1. The number of methoxy groups -OCH3 is 1. The molecule has 1 atom stereocenters. The molecule has 0 saturated carbocycles. The summed E-state index contributed by atoms with van der Waals surface area (Å²) in [4.78, 5) is 11.0. The Balaban J connectivity index is 2.16. The van der Waals surface area contributed by atoms with Gasteiger partial charge in [-0.25, -0.2) is 17.6 Å². The van der Waals surface area contributed by atoms with Crippen LogP contribution in [-0.2, 0) is 14.8 Å². The number of amides is 1. The Morgan fingerprint density at radius 2 is 2.24 bits per heavy atom. The van der Waals surface area contributed by atoms with Gasteiger partial charge in [0.2, 0.25) is 10.0 Å². The van der Waals surface area contributed by atoms with Crippen LogP contribution in [0.2, 0.25) is 0 Å². The van der Waals surface area contributed by atoms with E-state index >= 15 is 0 Å². The Hall–Kier alpha value is -1.87. The van der Waals surface area contributed by atoms with Gasteiger partial charge >= 0.3 is 6.09 Å². The number of benzene rings is 1. The van der Waals surface area contributed by atoms with Crippen molar-refractivity contribution in [1.29, 1.82) is 0 Å². The number of alkyl carbamates (subject to hydrolysis) is 1. The summed E-state index contributed by atoms with van der Waals surface area (Å²) in [6.45, 7) is 0.363. The molecule has 1 heterocycles. The Labute approximate surface area is 121 Å². The molecule has 1 fully saturated rings. The molecule has 1 aromatic carbocycles. The molecule has 21 heavy (non-hydrogen) atoms. The highest BCUT2D eigenvalue weighted by Gasteiger charge is 2.34. The first-order valence-corrected chi connectivity index (χ1v) is 7.68. The summed E-state index contributed by atoms with van der Waals surface area (Å²) in [5, 5.41) is 2.55. The van der Waals surface area contributed by atoms with Gasteiger partial charge in [0.25, 0.3) is 0 Å². The second kappa shape index (κ2) is 5.86. The Bertz CT molecular complexity index is 650. The van der Waals surface area contributed by atoms with E-state index in [1.54, 1.807) is 0 Å². The first kappa shape index (κ1) is 15.5. The standard InChI is InChI=1S/C12H16FN3O4S/c1-20-12(17)15-9-4-5-16(7-9)21(18,19)11-3-2-8(13)6-10(11)14/h2-3,6,9H,4-5,7,14H2,1H3,(H,15,17). The summed E-state index contributed by atoms with van der Waals surface area (Å²) in [5.41, 5.74) is 5.44. The van der Waals surface area contributed by atoms with Gasteiger partial charge in [-0.05, 0) is 24.6 Å². The van der Waals surface area contributed by atoms with Gasteiger partial charge in [-0.3, -0.25) is 0 Å². The number of ether oxygens (including phenoxy) is 1. The average molecular weight is 317 g/mol. The van der Waals surface area contributed by atoms with Gasteiger partial charge in [0.15, 0.2) is 0 Å². The maximum absolute atomic E-state index is 13.0. The molecule has 1 saturated heterocycles. The highest BCUT2D eigenvalue weighted by Crippen LogP contribution is 2.26. The van der Waals surface area contributed by atoms with Crippen molar-refractivity contribution in [3.63, 3.8) is 0 Å². The van der Waals surface area contributed by atoms with E-state index in [1.165, 1.54) is 11.4 Å². The van der Waals surface area contributed by atoms with Gasteiger partial charge in [-0.1, -0.05) is 0 Å². The van der Waals surface area contributed by atoms with Gasteiger partial charge in [-0.2, -0.15) is 4.31 Å². The zero-order valence-electron chi connectivity index (χ0n) is 11.4. The van der Waals surface area contributed by atoms with Crippen molar-refractivity contribution in [2.75, 3.05) is 25.9 Å². The lowest BCUT2D eigenvalue weighted by Gasteiger charge is -2.18. The van der Waals surface area contributed by atoms with Crippen LogP contribution in [0.15, 0.2) is 23.1 Å². The van der Waals surface area contributed by atoms with Crippen molar-refractivity contribution >= 4 is 21.8 Å². The summed E-state index contributed by atoms with van der Waals surface area (Å²) in [7, 11) is -2.58. The topological polar surface area (TPSA) is 102 Å². The summed E-state index contributed by atoms with van der Waals surface area (Å²) in [6.07, 6.45) is -0.143. The second-order valence-corrected chi connectivity index (χ2v) is 6.57. The number of nitrogens with two attached hydrogens (primary N) is 1. The van der Waals surface area contributed by atoms with Crippen molar-refractivity contribution in [2.45, 2.75) is 17.4 Å². The number of hydrogen-bond acceptors (Lipinski definition) is 5. The number of anilines is 1. The zero-order valence-corrected chi connectivity index (χ0v) is 12.2. The van der Waals surface area contributed by atoms with E-state index in [1.807, 2.05) is 0 Å². The maximum Gasteiger partial charge on any atom is 0.407 e. The molecule has 1 aliphatic rings. The Kier molecular flexibility index (Phi) is 4.33. The van der Waals surface area contributed by atoms with Gasteiger partial charge < -0.3 is 15.8 Å². The minimum Gasteiger partial charge on any atom is -0.453 e. The zero-order chi connectivity index (χ0) is 15.6. The first-order chi connectivity index (χ1) is 9.84. The highest BCUT2D eigenvalue weighted by atomic mass is 32.2. The van der Waals surface area contributed by atoms with Crippen molar-refractivity contribution in [3.05, 3.63) is 24.0 Å². The number of nitrogens with one attached hydrogen (secondary N) is 1. The number of rotatable bonds is 3. The van der Waals surface area contributed by atoms with Crippen LogP contribution in [0, 0.1) is 5.82 Å². The fourth-order valence-corrected chi connectivity index (χ4v) is 3.78. The molecular weight excluding hydrogens is 301 g/mol. The summed E-state index contributed by atoms with van der Waals surface area (Å²) in [5.74, 6) is -0.599. The molecule has 0 aromatic heterocycles. The lowest BCUT2D eigenvalue weighted by Crippen LogP contribution is -2.38. The SMILES string of the molecule is COC(=O)NC1CCN(S(=O)(=O)c2ccc(F)cc2N)C1. The molecule has 1 unspecified atom stereocenters. The van der Waals surface area contributed by atoms with E-state index in [0.717, 1.165) is 18.2 Å². The van der Waals surface area contributed by atoms with E-state index in [9.17, 15) is 17.6 Å². The molecule has 3 N–H and O–H groups in total. The van der Waals surface area contributed by atoms with E-state index in [2.05, 4.69) is 10.1 Å². The summed E-state index contributed by atoms with van der Waals surface area (Å²) < 4.78 is 43.6. The van der Waals surface area contributed by atoms with Crippen molar-refractivity contribution in [2.24, 2.45) is 0 Å². The molecule has 2 rings (SSSR count). The molecule has 0 bridgehead atoms. The van der Waals surface area contributed by atoms with Crippen LogP contribution in [0.5, 0.6) is 0 Å². The quantitative estimate of drug-likeness (QED) is 0.792. The van der Waals surface area contributed by atoms with Gasteiger partial charge in [0.1, 0.15) is 10.7 Å². The largest absolute Gasteiger partial charge is 0.453 e. The van der Waals surface area contributed by atoms with Gasteiger partial charge in [0, 0.05) is 19.1 Å². The predicted molar refractivity (Wildman–Crippen MR) is 73.5 cm³/mol. The van der Waals surface area contributed by atoms with Crippen LogP contribution in [0.3, 0.4) is 0 Å². The van der Waals surface area contributed by atoms with Crippen LogP contribution < -0.4 is 11.1 Å². The molecule has 1 amide bonds. The fraction of sp³-hybridized carbons (Fsp3) is 0.417. The van der Waals surface area contributed by atoms with Crippen molar-refractivity contribution in [3.8, 4) is 0 Å². The summed E-state index contributed by atoms with van der Waals surface area (Å²) in [6, 6.07) is 2.83. The molecule has 116 valence electrons. The van der Waals surface area contributed by atoms with E-state index in [0.29, 0.717) is 6.42 Å². The predicted octanol–water partition coefficient (Wildman–Crippen LogP) is 0.527.